The standard InChI is InChI=1S/C14H12F3N3O3/c15-14(16,17)9-1-4-18-12(7-9)22-10-3-6-20(8-10)13(21)11-2-5-19-23-11/h1-2,4-5,7,10H,3,6,8H2/t10-/m1/s1. The second-order valence-corrected chi connectivity index (χ2v) is 5.04. The molecule has 3 heterocycles. The molecule has 1 aliphatic rings. The van der Waals surface area contributed by atoms with E-state index in [4.69, 9.17) is 9.26 Å². The maximum absolute atomic E-state index is 12.7. The molecule has 0 saturated carbocycles. The van der Waals surface area contributed by atoms with Gasteiger partial charge in [0.1, 0.15) is 6.10 Å². The van der Waals surface area contributed by atoms with Crippen molar-refractivity contribution in [1.29, 1.82) is 0 Å². The third kappa shape index (κ3) is 3.43. The maximum Gasteiger partial charge on any atom is 0.416 e. The first kappa shape index (κ1) is 15.3. The average Bonchev–Trinajstić information content (AvgIpc) is 3.17. The van der Waals surface area contributed by atoms with Gasteiger partial charge in [-0.25, -0.2) is 4.98 Å². The zero-order valence-electron chi connectivity index (χ0n) is 11.8. The van der Waals surface area contributed by atoms with Crippen molar-refractivity contribution in [3.63, 3.8) is 0 Å². The van der Waals surface area contributed by atoms with Gasteiger partial charge in [0.25, 0.3) is 5.91 Å². The molecule has 1 aliphatic heterocycles. The first-order valence-electron chi connectivity index (χ1n) is 6.83. The van der Waals surface area contributed by atoms with Crippen LogP contribution in [0.4, 0.5) is 13.2 Å². The first-order chi connectivity index (χ1) is 10.9. The molecule has 3 rings (SSSR count). The second-order valence-electron chi connectivity index (χ2n) is 5.04. The number of halogens is 3. The Morgan fingerprint density at radius 3 is 2.87 bits per heavy atom. The van der Waals surface area contributed by atoms with Gasteiger partial charge < -0.3 is 14.2 Å². The van der Waals surface area contributed by atoms with Crippen LogP contribution in [0.2, 0.25) is 0 Å². The van der Waals surface area contributed by atoms with Crippen molar-refractivity contribution in [2.45, 2.75) is 18.7 Å². The van der Waals surface area contributed by atoms with Gasteiger partial charge in [-0.05, 0) is 6.07 Å². The van der Waals surface area contributed by atoms with Crippen molar-refractivity contribution in [1.82, 2.24) is 15.0 Å². The molecule has 23 heavy (non-hydrogen) atoms. The van der Waals surface area contributed by atoms with Crippen LogP contribution in [-0.2, 0) is 6.18 Å². The maximum atomic E-state index is 12.7. The number of carbonyl (C=O) groups is 1. The number of aromatic nitrogens is 2. The van der Waals surface area contributed by atoms with Gasteiger partial charge in [0.2, 0.25) is 11.6 Å². The summed E-state index contributed by atoms with van der Waals surface area (Å²) in [7, 11) is 0. The first-order valence-corrected chi connectivity index (χ1v) is 6.83. The molecule has 0 radical (unpaired) electrons. The molecule has 122 valence electrons. The predicted octanol–water partition coefficient (Wildman–Crippen LogP) is 2.38. The van der Waals surface area contributed by atoms with Crippen LogP contribution in [0.1, 0.15) is 22.5 Å². The lowest BCUT2D eigenvalue weighted by atomic mass is 10.2. The minimum atomic E-state index is -4.45. The van der Waals surface area contributed by atoms with Crippen molar-refractivity contribution in [2.24, 2.45) is 0 Å². The van der Waals surface area contributed by atoms with Gasteiger partial charge in [0.15, 0.2) is 0 Å². The SMILES string of the molecule is O=C(c1ccno1)N1CC[C@@H](Oc2cc(C(F)(F)F)ccn2)C1. The summed E-state index contributed by atoms with van der Waals surface area (Å²) in [6, 6.07) is 3.17. The summed E-state index contributed by atoms with van der Waals surface area (Å²) in [6.07, 6.45) is -1.96. The van der Waals surface area contributed by atoms with Crippen LogP contribution in [0.25, 0.3) is 0 Å². The van der Waals surface area contributed by atoms with Crippen molar-refractivity contribution in [3.05, 3.63) is 41.9 Å². The smallest absolute Gasteiger partial charge is 0.416 e. The zero-order valence-corrected chi connectivity index (χ0v) is 11.8. The van der Waals surface area contributed by atoms with E-state index in [2.05, 4.69) is 10.1 Å². The number of amides is 1. The molecule has 1 atom stereocenters. The fourth-order valence-corrected chi connectivity index (χ4v) is 2.31. The van der Waals surface area contributed by atoms with E-state index in [-0.39, 0.29) is 24.1 Å². The average molecular weight is 327 g/mol. The van der Waals surface area contributed by atoms with Crippen molar-refractivity contribution < 1.29 is 27.2 Å². The fraction of sp³-hybridized carbons (Fsp3) is 0.357. The molecule has 0 aliphatic carbocycles. The predicted molar refractivity (Wildman–Crippen MR) is 70.7 cm³/mol. The normalized spacial score (nSPS) is 18.2. The summed E-state index contributed by atoms with van der Waals surface area (Å²) >= 11 is 0. The van der Waals surface area contributed by atoms with E-state index in [1.165, 1.54) is 17.2 Å². The van der Waals surface area contributed by atoms with Gasteiger partial charge in [-0.15, -0.1) is 0 Å². The highest BCUT2D eigenvalue weighted by Crippen LogP contribution is 2.31. The van der Waals surface area contributed by atoms with Crippen molar-refractivity contribution >= 4 is 5.91 Å². The van der Waals surface area contributed by atoms with E-state index in [0.717, 1.165) is 18.3 Å². The Labute approximate surface area is 128 Å². The zero-order chi connectivity index (χ0) is 16.4. The quantitative estimate of drug-likeness (QED) is 0.866. The number of ether oxygens (including phenoxy) is 1. The van der Waals surface area contributed by atoms with Gasteiger partial charge in [-0.3, -0.25) is 4.79 Å². The summed E-state index contributed by atoms with van der Waals surface area (Å²) in [4.78, 5) is 17.3. The Morgan fingerprint density at radius 1 is 1.35 bits per heavy atom. The number of rotatable bonds is 3. The van der Waals surface area contributed by atoms with E-state index in [0.29, 0.717) is 13.0 Å². The van der Waals surface area contributed by atoms with Crippen molar-refractivity contribution in [3.8, 4) is 5.88 Å². The van der Waals surface area contributed by atoms with Crippen LogP contribution >= 0.6 is 0 Å². The van der Waals surface area contributed by atoms with Crippen LogP contribution in [0.3, 0.4) is 0 Å². The van der Waals surface area contributed by atoms with Gasteiger partial charge in [0, 0.05) is 31.3 Å². The van der Waals surface area contributed by atoms with Crippen LogP contribution in [0, 0.1) is 0 Å². The second kappa shape index (κ2) is 5.90. The monoisotopic (exact) mass is 327 g/mol. The third-order valence-corrected chi connectivity index (χ3v) is 3.43. The largest absolute Gasteiger partial charge is 0.472 e. The van der Waals surface area contributed by atoms with Gasteiger partial charge in [0.05, 0.1) is 18.3 Å². The molecular weight excluding hydrogens is 315 g/mol. The molecule has 1 amide bonds. The molecule has 6 nitrogen and oxygen atoms in total. The molecule has 1 saturated heterocycles. The van der Waals surface area contributed by atoms with E-state index in [1.807, 2.05) is 0 Å². The van der Waals surface area contributed by atoms with E-state index < -0.39 is 17.8 Å². The molecule has 1 fully saturated rings. The Hall–Kier alpha value is -2.58. The lowest BCUT2D eigenvalue weighted by Gasteiger charge is -2.16. The highest BCUT2D eigenvalue weighted by atomic mass is 19.4. The fourth-order valence-electron chi connectivity index (χ4n) is 2.31. The summed E-state index contributed by atoms with van der Waals surface area (Å²) in [5, 5.41) is 3.46. The van der Waals surface area contributed by atoms with Gasteiger partial charge in [-0.2, -0.15) is 13.2 Å². The molecule has 0 unspecified atom stereocenters. The summed E-state index contributed by atoms with van der Waals surface area (Å²) < 4.78 is 48.2. The molecule has 0 bridgehead atoms. The molecule has 0 N–H and O–H groups in total. The molecule has 2 aromatic heterocycles. The van der Waals surface area contributed by atoms with Crippen LogP contribution < -0.4 is 4.74 Å². The van der Waals surface area contributed by atoms with Crippen LogP contribution in [0.15, 0.2) is 35.1 Å². The Kier molecular flexibility index (Phi) is 3.93. The molecule has 0 spiro atoms. The lowest BCUT2D eigenvalue weighted by molar-refractivity contribution is -0.137. The Balaban J connectivity index is 1.63. The minimum absolute atomic E-state index is 0.112. The molecule has 9 heteroatoms. The van der Waals surface area contributed by atoms with E-state index in [1.54, 1.807) is 0 Å². The Bertz CT molecular complexity index is 688. The summed E-state index contributed by atoms with van der Waals surface area (Å²) in [5.41, 5.74) is -0.824. The highest BCUT2D eigenvalue weighted by molar-refractivity contribution is 5.91. The van der Waals surface area contributed by atoms with E-state index >= 15 is 0 Å². The summed E-state index contributed by atoms with van der Waals surface area (Å²) in [5.74, 6) is -0.327. The van der Waals surface area contributed by atoms with Gasteiger partial charge in [-0.1, -0.05) is 5.16 Å². The number of likely N-dealkylation sites (tertiary alicyclic amines) is 1. The number of nitrogens with zero attached hydrogens (tertiary/aromatic N) is 3. The van der Waals surface area contributed by atoms with Crippen molar-refractivity contribution in [2.75, 3.05) is 13.1 Å². The number of hydrogen-bond acceptors (Lipinski definition) is 5. The van der Waals surface area contributed by atoms with Gasteiger partial charge >= 0.3 is 6.18 Å². The topological polar surface area (TPSA) is 68.5 Å². The Morgan fingerprint density at radius 2 is 2.17 bits per heavy atom. The van der Waals surface area contributed by atoms with Crippen LogP contribution in [-0.4, -0.2) is 40.1 Å². The number of hydrogen-bond donors (Lipinski definition) is 0. The van der Waals surface area contributed by atoms with E-state index in [9.17, 15) is 18.0 Å². The number of pyridine rings is 1. The third-order valence-electron chi connectivity index (χ3n) is 3.43. The molecular formula is C14H12F3N3O3. The highest BCUT2D eigenvalue weighted by Gasteiger charge is 2.33. The molecule has 0 aromatic carbocycles. The number of alkyl halides is 3. The minimum Gasteiger partial charge on any atom is -0.472 e. The molecule has 2 aromatic rings. The number of carbonyl (C=O) groups excluding carboxylic acids is 1. The summed E-state index contributed by atoms with van der Waals surface area (Å²) in [6.45, 7) is 0.667. The lowest BCUT2D eigenvalue weighted by Crippen LogP contribution is -2.30. The van der Waals surface area contributed by atoms with Crippen LogP contribution in [0.5, 0.6) is 5.88 Å².